The number of benzene rings is 2. The summed E-state index contributed by atoms with van der Waals surface area (Å²) in [4.78, 5) is 25.4. The molecule has 0 aromatic heterocycles. The first-order chi connectivity index (χ1) is 11.9. The van der Waals surface area contributed by atoms with Gasteiger partial charge >= 0.3 is 0 Å². The lowest BCUT2D eigenvalue weighted by Crippen LogP contribution is -2.42. The Hall–Kier alpha value is -2.46. The van der Waals surface area contributed by atoms with Crippen LogP contribution in [0.5, 0.6) is 0 Å². The van der Waals surface area contributed by atoms with Gasteiger partial charge in [0.15, 0.2) is 5.78 Å². The van der Waals surface area contributed by atoms with Crippen molar-refractivity contribution in [3.8, 4) is 0 Å². The summed E-state index contributed by atoms with van der Waals surface area (Å²) in [6.07, 6.45) is 1.05. The number of hydrogen-bond donors (Lipinski definition) is 1. The average Bonchev–Trinajstić information content (AvgIpc) is 2.59. The number of amides is 1. The maximum atomic E-state index is 12.5. The van der Waals surface area contributed by atoms with Crippen molar-refractivity contribution in [1.29, 1.82) is 0 Å². The van der Waals surface area contributed by atoms with Crippen LogP contribution in [-0.2, 0) is 11.3 Å². The molecule has 2 rings (SSSR count). The zero-order valence-electron chi connectivity index (χ0n) is 15.2. The second kappa shape index (κ2) is 8.58. The highest BCUT2D eigenvalue weighted by molar-refractivity contribution is 5.97. The van der Waals surface area contributed by atoms with Crippen molar-refractivity contribution in [2.45, 2.75) is 39.3 Å². The van der Waals surface area contributed by atoms with Gasteiger partial charge in [0.1, 0.15) is 0 Å². The highest BCUT2D eigenvalue weighted by atomic mass is 16.1. The van der Waals surface area contributed by atoms with Crippen molar-refractivity contribution in [3.05, 3.63) is 65.7 Å². The molecule has 0 unspecified atom stereocenters. The third kappa shape index (κ3) is 5.84. The van der Waals surface area contributed by atoms with Crippen LogP contribution in [0.15, 0.2) is 54.6 Å². The summed E-state index contributed by atoms with van der Waals surface area (Å²) >= 11 is 0. The molecule has 0 saturated heterocycles. The maximum absolute atomic E-state index is 12.5. The number of rotatable bonds is 8. The second-order valence-electron chi connectivity index (χ2n) is 7.09. The Labute approximate surface area is 149 Å². The van der Waals surface area contributed by atoms with Crippen molar-refractivity contribution >= 4 is 17.9 Å². The molecule has 1 N–H and O–H groups in total. The SMILES string of the molecule is CC(C)(C)N(CCC(=O)c1cccc(NC=O)c1)Cc1ccccc1. The standard InChI is InChI=1S/C21H26N2O2/c1-21(2,3)23(15-17-8-5-4-6-9-17)13-12-20(25)18-10-7-11-19(14-18)22-16-24/h4-11,14,16H,12-13,15H2,1-3H3,(H,22,24). The molecule has 0 aliphatic heterocycles. The third-order valence-electron chi connectivity index (χ3n) is 4.18. The molecule has 2 aromatic rings. The zero-order valence-corrected chi connectivity index (χ0v) is 15.2. The molecule has 0 heterocycles. The van der Waals surface area contributed by atoms with Crippen LogP contribution in [0.3, 0.4) is 0 Å². The molecule has 4 heteroatoms. The predicted molar refractivity (Wildman–Crippen MR) is 102 cm³/mol. The van der Waals surface area contributed by atoms with Crippen LogP contribution in [0.25, 0.3) is 0 Å². The van der Waals surface area contributed by atoms with E-state index in [1.807, 2.05) is 18.2 Å². The van der Waals surface area contributed by atoms with Crippen LogP contribution in [-0.4, -0.2) is 29.2 Å². The number of carbonyl (C=O) groups excluding carboxylic acids is 2. The number of nitrogens with zero attached hydrogens (tertiary/aromatic N) is 1. The zero-order chi connectivity index (χ0) is 18.3. The number of carbonyl (C=O) groups is 2. The van der Waals surface area contributed by atoms with Gasteiger partial charge in [-0.15, -0.1) is 0 Å². The highest BCUT2D eigenvalue weighted by Gasteiger charge is 2.22. The van der Waals surface area contributed by atoms with Crippen LogP contribution in [0.2, 0.25) is 0 Å². The van der Waals surface area contributed by atoms with Gasteiger partial charge in [-0.25, -0.2) is 0 Å². The molecule has 4 nitrogen and oxygen atoms in total. The number of anilines is 1. The highest BCUT2D eigenvalue weighted by Crippen LogP contribution is 2.19. The Morgan fingerprint density at radius 1 is 1.08 bits per heavy atom. The Bertz CT molecular complexity index is 705. The summed E-state index contributed by atoms with van der Waals surface area (Å²) in [5.74, 6) is 0.0804. The van der Waals surface area contributed by atoms with E-state index in [1.54, 1.807) is 24.3 Å². The minimum atomic E-state index is -0.0307. The largest absolute Gasteiger partial charge is 0.329 e. The monoisotopic (exact) mass is 338 g/mol. The first-order valence-corrected chi connectivity index (χ1v) is 8.52. The quantitative estimate of drug-likeness (QED) is 0.581. The number of nitrogens with one attached hydrogen (secondary N) is 1. The molecule has 0 aliphatic carbocycles. The lowest BCUT2D eigenvalue weighted by atomic mass is 10.0. The lowest BCUT2D eigenvalue weighted by Gasteiger charge is -2.35. The number of Topliss-reactive ketones (excluding diaryl/α,β-unsaturated/α-hetero) is 1. The molecular formula is C21H26N2O2. The molecule has 1 amide bonds. The summed E-state index contributed by atoms with van der Waals surface area (Å²) in [7, 11) is 0. The molecular weight excluding hydrogens is 312 g/mol. The lowest BCUT2D eigenvalue weighted by molar-refractivity contribution is -0.105. The van der Waals surface area contributed by atoms with E-state index in [1.165, 1.54) is 5.56 Å². The molecule has 2 aromatic carbocycles. The van der Waals surface area contributed by atoms with Crippen LogP contribution in [0, 0.1) is 0 Å². The van der Waals surface area contributed by atoms with E-state index in [2.05, 4.69) is 43.1 Å². The summed E-state index contributed by atoms with van der Waals surface area (Å²) in [5, 5.41) is 2.58. The Balaban J connectivity index is 2.03. The van der Waals surface area contributed by atoms with Crippen molar-refractivity contribution in [2.24, 2.45) is 0 Å². The molecule has 0 atom stereocenters. The molecule has 132 valence electrons. The number of ketones is 1. The molecule has 0 fully saturated rings. The van der Waals surface area contributed by atoms with Gasteiger partial charge in [-0.2, -0.15) is 0 Å². The first-order valence-electron chi connectivity index (χ1n) is 8.52. The Morgan fingerprint density at radius 3 is 2.44 bits per heavy atom. The van der Waals surface area contributed by atoms with Crippen LogP contribution < -0.4 is 5.32 Å². The summed E-state index contributed by atoms with van der Waals surface area (Å²) in [6, 6.07) is 17.3. The predicted octanol–water partition coefficient (Wildman–Crippen LogP) is 4.13. The van der Waals surface area contributed by atoms with E-state index in [0.29, 0.717) is 30.6 Å². The maximum Gasteiger partial charge on any atom is 0.211 e. The van der Waals surface area contributed by atoms with Gasteiger partial charge in [-0.3, -0.25) is 14.5 Å². The molecule has 25 heavy (non-hydrogen) atoms. The van der Waals surface area contributed by atoms with Crippen LogP contribution >= 0.6 is 0 Å². The van der Waals surface area contributed by atoms with E-state index < -0.39 is 0 Å². The van der Waals surface area contributed by atoms with Gasteiger partial charge in [-0.05, 0) is 38.5 Å². The summed E-state index contributed by atoms with van der Waals surface area (Å²) in [5.41, 5.74) is 2.47. The molecule has 0 radical (unpaired) electrons. The van der Waals surface area contributed by atoms with Crippen molar-refractivity contribution in [1.82, 2.24) is 4.90 Å². The average molecular weight is 338 g/mol. The van der Waals surface area contributed by atoms with Gasteiger partial charge in [0.25, 0.3) is 0 Å². The molecule has 0 saturated carbocycles. The Kier molecular flexibility index (Phi) is 6.48. The first kappa shape index (κ1) is 18.9. The molecule has 0 spiro atoms. The van der Waals surface area contributed by atoms with Crippen LogP contribution in [0.4, 0.5) is 5.69 Å². The van der Waals surface area contributed by atoms with Gasteiger partial charge in [0.2, 0.25) is 6.41 Å². The molecule has 0 aliphatic rings. The smallest absolute Gasteiger partial charge is 0.211 e. The number of hydrogen-bond acceptors (Lipinski definition) is 3. The van der Waals surface area contributed by atoms with E-state index in [0.717, 1.165) is 6.54 Å². The van der Waals surface area contributed by atoms with Gasteiger partial charge < -0.3 is 5.32 Å². The van der Waals surface area contributed by atoms with E-state index in [9.17, 15) is 9.59 Å². The van der Waals surface area contributed by atoms with Gasteiger partial charge in [0.05, 0.1) is 0 Å². The van der Waals surface area contributed by atoms with Gasteiger partial charge in [0, 0.05) is 36.3 Å². The topological polar surface area (TPSA) is 49.4 Å². The van der Waals surface area contributed by atoms with Crippen LogP contribution in [0.1, 0.15) is 43.1 Å². The fourth-order valence-electron chi connectivity index (χ4n) is 2.69. The fraction of sp³-hybridized carbons (Fsp3) is 0.333. The second-order valence-corrected chi connectivity index (χ2v) is 7.09. The van der Waals surface area contributed by atoms with Crippen molar-refractivity contribution < 1.29 is 9.59 Å². The van der Waals surface area contributed by atoms with Crippen molar-refractivity contribution in [3.63, 3.8) is 0 Å². The van der Waals surface area contributed by atoms with Gasteiger partial charge in [-0.1, -0.05) is 42.5 Å². The fourth-order valence-corrected chi connectivity index (χ4v) is 2.69. The molecule has 0 bridgehead atoms. The van der Waals surface area contributed by atoms with Crippen molar-refractivity contribution in [2.75, 3.05) is 11.9 Å². The third-order valence-corrected chi connectivity index (χ3v) is 4.18. The minimum absolute atomic E-state index is 0.0307. The van der Waals surface area contributed by atoms with E-state index in [-0.39, 0.29) is 11.3 Å². The van der Waals surface area contributed by atoms with E-state index >= 15 is 0 Å². The Morgan fingerprint density at radius 2 is 1.80 bits per heavy atom. The normalized spacial score (nSPS) is 11.4. The summed E-state index contributed by atoms with van der Waals surface area (Å²) < 4.78 is 0. The van der Waals surface area contributed by atoms with E-state index in [4.69, 9.17) is 0 Å². The summed E-state index contributed by atoms with van der Waals surface area (Å²) in [6.45, 7) is 7.98. The minimum Gasteiger partial charge on any atom is -0.329 e.